The Balaban J connectivity index is 2.61. The molecule has 0 spiro atoms. The van der Waals surface area contributed by atoms with Crippen LogP contribution in [0.1, 0.15) is 82.9 Å². The molecule has 0 unspecified atom stereocenters. The monoisotopic (exact) mass is 288 g/mol. The average molecular weight is 288 g/mol. The highest BCUT2D eigenvalue weighted by Crippen LogP contribution is 2.52. The fourth-order valence-corrected chi connectivity index (χ4v) is 4.47. The van der Waals surface area contributed by atoms with Gasteiger partial charge in [-0.1, -0.05) is 45.9 Å². The van der Waals surface area contributed by atoms with Crippen LogP contribution in [0.4, 0.5) is 0 Å². The van der Waals surface area contributed by atoms with E-state index in [-0.39, 0.29) is 0 Å². The zero-order chi connectivity index (χ0) is 15.5. The van der Waals surface area contributed by atoms with Crippen LogP contribution < -0.4 is 0 Å². The molecule has 0 N–H and O–H groups in total. The van der Waals surface area contributed by atoms with Crippen LogP contribution in [0.2, 0.25) is 0 Å². The second-order valence-electron chi connectivity index (χ2n) is 6.79. The molecule has 1 aromatic carbocycles. The van der Waals surface area contributed by atoms with Crippen molar-refractivity contribution in [2.45, 2.75) is 83.7 Å². The maximum absolute atomic E-state index is 5.36. The maximum atomic E-state index is 5.36. The molecule has 118 valence electrons. The number of fused-ring (bicyclic) bond motifs is 1. The highest BCUT2D eigenvalue weighted by atomic mass is 16.5. The zero-order valence-corrected chi connectivity index (χ0v) is 14.6. The fourth-order valence-electron chi connectivity index (χ4n) is 4.47. The first kappa shape index (κ1) is 16.5. The quantitative estimate of drug-likeness (QED) is 0.648. The zero-order valence-electron chi connectivity index (χ0n) is 14.6. The normalized spacial score (nSPS) is 19.3. The van der Waals surface area contributed by atoms with E-state index in [2.05, 4.69) is 45.9 Å². The number of ether oxygens (including phenoxy) is 1. The van der Waals surface area contributed by atoms with Crippen molar-refractivity contribution < 1.29 is 4.74 Å². The third-order valence-corrected chi connectivity index (χ3v) is 6.33. The van der Waals surface area contributed by atoms with E-state index in [9.17, 15) is 0 Å². The molecule has 0 saturated carbocycles. The van der Waals surface area contributed by atoms with Crippen LogP contribution >= 0.6 is 0 Å². The molecule has 0 radical (unpaired) electrons. The standard InChI is InChI=1S/C20H32O/c1-6-19(7-2)12-13-20(8-3,9-4)18-14-16(15-21-5)10-11-17(18)19/h10-11,14H,6-9,12-13,15H2,1-5H3. The third-order valence-electron chi connectivity index (χ3n) is 6.33. The molecule has 0 aromatic heterocycles. The number of methoxy groups -OCH3 is 1. The second kappa shape index (κ2) is 6.52. The number of rotatable bonds is 6. The van der Waals surface area contributed by atoms with Gasteiger partial charge in [-0.2, -0.15) is 0 Å². The van der Waals surface area contributed by atoms with E-state index >= 15 is 0 Å². The summed E-state index contributed by atoms with van der Waals surface area (Å²) in [6, 6.07) is 7.14. The molecule has 1 aromatic rings. The lowest BCUT2D eigenvalue weighted by Gasteiger charge is -2.48. The summed E-state index contributed by atoms with van der Waals surface area (Å²) >= 11 is 0. The van der Waals surface area contributed by atoms with Crippen LogP contribution in [0.3, 0.4) is 0 Å². The second-order valence-corrected chi connectivity index (χ2v) is 6.79. The van der Waals surface area contributed by atoms with Crippen LogP contribution in [0, 0.1) is 0 Å². The topological polar surface area (TPSA) is 9.23 Å². The molecule has 0 atom stereocenters. The minimum absolute atomic E-state index is 0.382. The van der Waals surface area contributed by atoms with Crippen LogP contribution in [0.25, 0.3) is 0 Å². The van der Waals surface area contributed by atoms with E-state index in [4.69, 9.17) is 4.74 Å². The van der Waals surface area contributed by atoms with Gasteiger partial charge in [0.05, 0.1) is 6.61 Å². The minimum atomic E-state index is 0.382. The first-order valence-corrected chi connectivity index (χ1v) is 8.74. The van der Waals surface area contributed by atoms with Gasteiger partial charge in [0.15, 0.2) is 0 Å². The summed E-state index contributed by atoms with van der Waals surface area (Å²) in [7, 11) is 1.79. The predicted octanol–water partition coefficient (Wildman–Crippen LogP) is 5.74. The lowest BCUT2D eigenvalue weighted by atomic mass is 9.57. The van der Waals surface area contributed by atoms with Gasteiger partial charge in [-0.05, 0) is 66.0 Å². The first-order chi connectivity index (χ1) is 10.1. The molecule has 1 nitrogen and oxygen atoms in total. The summed E-state index contributed by atoms with van der Waals surface area (Å²) in [5.74, 6) is 0. The lowest BCUT2D eigenvalue weighted by Crippen LogP contribution is -2.39. The molecule has 0 aliphatic heterocycles. The fraction of sp³-hybridized carbons (Fsp3) is 0.700. The molecule has 0 fully saturated rings. The van der Waals surface area contributed by atoms with E-state index < -0.39 is 0 Å². The molecule has 0 saturated heterocycles. The largest absolute Gasteiger partial charge is 0.380 e. The van der Waals surface area contributed by atoms with Crippen LogP contribution in [0.5, 0.6) is 0 Å². The molecule has 0 amide bonds. The van der Waals surface area contributed by atoms with Gasteiger partial charge in [0, 0.05) is 7.11 Å². The summed E-state index contributed by atoms with van der Waals surface area (Å²) in [4.78, 5) is 0. The Bertz CT molecular complexity index is 467. The van der Waals surface area contributed by atoms with Gasteiger partial charge in [0.25, 0.3) is 0 Å². The SMILES string of the molecule is CCC1(CC)CCC(CC)(CC)c2cc(COC)ccc21. The summed E-state index contributed by atoms with van der Waals surface area (Å²) in [6.45, 7) is 10.2. The molecule has 0 heterocycles. The van der Waals surface area contributed by atoms with E-state index in [1.807, 2.05) is 0 Å². The summed E-state index contributed by atoms with van der Waals surface area (Å²) in [5.41, 5.74) is 5.35. The van der Waals surface area contributed by atoms with Crippen molar-refractivity contribution in [3.8, 4) is 0 Å². The average Bonchev–Trinajstić information content (AvgIpc) is 2.54. The Morgan fingerprint density at radius 2 is 1.38 bits per heavy atom. The highest BCUT2D eigenvalue weighted by Gasteiger charge is 2.43. The summed E-state index contributed by atoms with van der Waals surface area (Å²) < 4.78 is 5.36. The van der Waals surface area contributed by atoms with Crippen molar-refractivity contribution in [1.29, 1.82) is 0 Å². The van der Waals surface area contributed by atoms with Gasteiger partial charge < -0.3 is 4.74 Å². The van der Waals surface area contributed by atoms with E-state index in [0.717, 1.165) is 6.61 Å². The van der Waals surface area contributed by atoms with Gasteiger partial charge >= 0.3 is 0 Å². The number of hydrogen-bond donors (Lipinski definition) is 0. The van der Waals surface area contributed by atoms with E-state index in [0.29, 0.717) is 10.8 Å². The Morgan fingerprint density at radius 3 is 1.86 bits per heavy atom. The summed E-state index contributed by atoms with van der Waals surface area (Å²) in [5, 5.41) is 0. The van der Waals surface area contributed by atoms with Crippen molar-refractivity contribution in [1.82, 2.24) is 0 Å². The van der Waals surface area contributed by atoms with Crippen molar-refractivity contribution >= 4 is 0 Å². The molecule has 2 rings (SSSR count). The van der Waals surface area contributed by atoms with Crippen molar-refractivity contribution in [2.75, 3.05) is 7.11 Å². The van der Waals surface area contributed by atoms with Crippen molar-refractivity contribution in [2.24, 2.45) is 0 Å². The van der Waals surface area contributed by atoms with Gasteiger partial charge in [0.2, 0.25) is 0 Å². The maximum Gasteiger partial charge on any atom is 0.0713 e. The Hall–Kier alpha value is -0.820. The van der Waals surface area contributed by atoms with Crippen LogP contribution in [-0.2, 0) is 22.2 Å². The number of benzene rings is 1. The van der Waals surface area contributed by atoms with Crippen LogP contribution in [-0.4, -0.2) is 7.11 Å². The van der Waals surface area contributed by atoms with Gasteiger partial charge in [-0.25, -0.2) is 0 Å². The first-order valence-electron chi connectivity index (χ1n) is 8.74. The van der Waals surface area contributed by atoms with Crippen molar-refractivity contribution in [3.05, 3.63) is 34.9 Å². The lowest BCUT2D eigenvalue weighted by molar-refractivity contribution is 0.184. The molecule has 1 aliphatic rings. The Kier molecular flexibility index (Phi) is 5.14. The van der Waals surface area contributed by atoms with Crippen LogP contribution in [0.15, 0.2) is 18.2 Å². The van der Waals surface area contributed by atoms with Gasteiger partial charge in [0.1, 0.15) is 0 Å². The third kappa shape index (κ3) is 2.65. The molecule has 1 aliphatic carbocycles. The van der Waals surface area contributed by atoms with E-state index in [1.165, 1.54) is 44.1 Å². The molecular formula is C20H32O. The molecule has 21 heavy (non-hydrogen) atoms. The molecule has 1 heteroatoms. The molecular weight excluding hydrogens is 256 g/mol. The van der Waals surface area contributed by atoms with E-state index in [1.54, 1.807) is 18.2 Å². The van der Waals surface area contributed by atoms with Gasteiger partial charge in [-0.15, -0.1) is 0 Å². The number of hydrogen-bond acceptors (Lipinski definition) is 1. The minimum Gasteiger partial charge on any atom is -0.380 e. The predicted molar refractivity (Wildman–Crippen MR) is 90.9 cm³/mol. The van der Waals surface area contributed by atoms with Gasteiger partial charge in [-0.3, -0.25) is 0 Å². The Labute approximate surface area is 131 Å². The highest BCUT2D eigenvalue weighted by molar-refractivity contribution is 5.45. The Morgan fingerprint density at radius 1 is 0.857 bits per heavy atom. The smallest absolute Gasteiger partial charge is 0.0713 e. The summed E-state index contributed by atoms with van der Waals surface area (Å²) in [6.07, 6.45) is 7.68. The van der Waals surface area contributed by atoms with Crippen molar-refractivity contribution in [3.63, 3.8) is 0 Å². The molecule has 0 bridgehead atoms.